The highest BCUT2D eigenvalue weighted by Crippen LogP contribution is 2.14. The Morgan fingerprint density at radius 1 is 1.14 bits per heavy atom. The molecule has 0 spiro atoms. The third-order valence-electron chi connectivity index (χ3n) is 3.32. The van der Waals surface area contributed by atoms with Crippen molar-refractivity contribution in [2.45, 2.75) is 13.8 Å². The van der Waals surface area contributed by atoms with Crippen LogP contribution in [0.15, 0.2) is 58.9 Å². The van der Waals surface area contributed by atoms with Gasteiger partial charge >= 0.3 is 0 Å². The fraction of sp³-hybridized carbons (Fsp3) is 0.235. The second-order valence-electron chi connectivity index (χ2n) is 4.71. The van der Waals surface area contributed by atoms with E-state index in [0.29, 0.717) is 11.5 Å². The van der Waals surface area contributed by atoms with E-state index in [1.165, 1.54) is 5.69 Å². The number of nitrogens with zero attached hydrogens (tertiary/aromatic N) is 4. The molecule has 0 amide bonds. The number of aromatic nitrogens is 1. The summed E-state index contributed by atoms with van der Waals surface area (Å²) in [7, 11) is 0. The maximum Gasteiger partial charge on any atom is 0.171 e. The van der Waals surface area contributed by atoms with Crippen LogP contribution in [0.4, 0.5) is 5.69 Å². The van der Waals surface area contributed by atoms with Gasteiger partial charge in [-0.1, -0.05) is 18.2 Å². The minimum atomic E-state index is 0.302. The lowest BCUT2D eigenvalue weighted by Crippen LogP contribution is -2.21. The first-order chi connectivity index (χ1) is 10.7. The average Bonchev–Trinajstić information content (AvgIpc) is 2.58. The molecule has 0 atom stereocenters. The Morgan fingerprint density at radius 3 is 2.45 bits per heavy atom. The van der Waals surface area contributed by atoms with Gasteiger partial charge in [0.05, 0.1) is 6.21 Å². The summed E-state index contributed by atoms with van der Waals surface area (Å²) in [6, 6.07) is 13.7. The van der Waals surface area contributed by atoms with Crippen LogP contribution in [0.5, 0.6) is 0 Å². The molecule has 0 aliphatic carbocycles. The highest BCUT2D eigenvalue weighted by molar-refractivity contribution is 5.95. The largest absolute Gasteiger partial charge is 0.380 e. The van der Waals surface area contributed by atoms with Crippen molar-refractivity contribution in [3.05, 3.63) is 59.9 Å². The highest BCUT2D eigenvalue weighted by Gasteiger charge is 2.00. The molecular weight excluding hydrogens is 274 g/mol. The Balaban J connectivity index is 2.04. The molecule has 1 heterocycles. The van der Waals surface area contributed by atoms with Crippen molar-refractivity contribution in [3.8, 4) is 0 Å². The summed E-state index contributed by atoms with van der Waals surface area (Å²) in [6.45, 7) is 6.28. The third-order valence-corrected chi connectivity index (χ3v) is 3.32. The molecule has 5 heteroatoms. The molecule has 0 radical (unpaired) electrons. The number of hydrogen-bond acceptors (Lipinski definition) is 4. The lowest BCUT2D eigenvalue weighted by Gasteiger charge is -2.20. The Morgan fingerprint density at radius 2 is 1.86 bits per heavy atom. The monoisotopic (exact) mass is 295 g/mol. The van der Waals surface area contributed by atoms with E-state index in [1.54, 1.807) is 18.5 Å². The average molecular weight is 295 g/mol. The summed E-state index contributed by atoms with van der Waals surface area (Å²) < 4.78 is 0. The number of rotatable bonds is 6. The lowest BCUT2D eigenvalue weighted by atomic mass is 10.2. The highest BCUT2D eigenvalue weighted by atomic mass is 15.2. The first-order valence-electron chi connectivity index (χ1n) is 7.37. The second kappa shape index (κ2) is 7.93. The Hall–Kier alpha value is -2.69. The van der Waals surface area contributed by atoms with Gasteiger partial charge in [0.25, 0.3) is 0 Å². The maximum atomic E-state index is 5.83. The number of nitrogens with two attached hydrogens (primary N) is 1. The molecule has 2 N–H and O–H groups in total. The molecular formula is C17H21N5. The SMILES string of the molecule is CCN(CC)c1ccc(/C=N/N=C(\N)c2ccccn2)cc1. The summed E-state index contributed by atoms with van der Waals surface area (Å²) in [5.41, 5.74) is 8.64. The number of benzene rings is 1. The van der Waals surface area contributed by atoms with Crippen LogP contribution in [0.25, 0.3) is 0 Å². The second-order valence-corrected chi connectivity index (χ2v) is 4.71. The van der Waals surface area contributed by atoms with Crippen LogP contribution in [0, 0.1) is 0 Å². The summed E-state index contributed by atoms with van der Waals surface area (Å²) in [5.74, 6) is 0.302. The van der Waals surface area contributed by atoms with Gasteiger partial charge in [0.1, 0.15) is 5.69 Å². The zero-order valence-corrected chi connectivity index (χ0v) is 13.0. The number of amidine groups is 1. The molecule has 22 heavy (non-hydrogen) atoms. The molecule has 0 fully saturated rings. The first kappa shape index (κ1) is 15.7. The minimum Gasteiger partial charge on any atom is -0.380 e. The van der Waals surface area contributed by atoms with E-state index in [9.17, 15) is 0 Å². The predicted molar refractivity (Wildman–Crippen MR) is 92.6 cm³/mol. The van der Waals surface area contributed by atoms with Crippen LogP contribution < -0.4 is 10.6 Å². The standard InChI is InChI=1S/C17H21N5/c1-3-22(4-2)15-10-8-14(9-11-15)13-20-21-17(18)16-7-5-6-12-19-16/h5-13H,3-4H2,1-2H3,(H2,18,21)/b20-13+. The van der Waals surface area contributed by atoms with Crippen LogP contribution in [0.2, 0.25) is 0 Å². The number of anilines is 1. The van der Waals surface area contributed by atoms with Gasteiger partial charge < -0.3 is 10.6 Å². The molecule has 0 saturated heterocycles. The fourth-order valence-electron chi connectivity index (χ4n) is 2.08. The zero-order valence-electron chi connectivity index (χ0n) is 13.0. The van der Waals surface area contributed by atoms with Crippen molar-refractivity contribution in [1.82, 2.24) is 4.98 Å². The van der Waals surface area contributed by atoms with E-state index in [-0.39, 0.29) is 0 Å². The smallest absolute Gasteiger partial charge is 0.171 e. The third kappa shape index (κ3) is 4.15. The van der Waals surface area contributed by atoms with Gasteiger partial charge in [-0.25, -0.2) is 0 Å². The summed E-state index contributed by atoms with van der Waals surface area (Å²) in [6.07, 6.45) is 3.36. The molecule has 0 bridgehead atoms. The van der Waals surface area contributed by atoms with Gasteiger partial charge in [-0.2, -0.15) is 5.10 Å². The summed E-state index contributed by atoms with van der Waals surface area (Å²) in [4.78, 5) is 6.41. The van der Waals surface area contributed by atoms with Crippen LogP contribution in [-0.4, -0.2) is 30.1 Å². The van der Waals surface area contributed by atoms with Gasteiger partial charge in [0, 0.05) is 25.0 Å². The summed E-state index contributed by atoms with van der Waals surface area (Å²) in [5, 5.41) is 7.99. The molecule has 2 aromatic rings. The van der Waals surface area contributed by atoms with Crippen molar-refractivity contribution < 1.29 is 0 Å². The Kier molecular flexibility index (Phi) is 5.65. The van der Waals surface area contributed by atoms with Crippen molar-refractivity contribution in [2.75, 3.05) is 18.0 Å². The Bertz CT molecular complexity index is 628. The van der Waals surface area contributed by atoms with Gasteiger partial charge in [0.15, 0.2) is 5.84 Å². The molecule has 0 saturated carbocycles. The fourth-order valence-corrected chi connectivity index (χ4v) is 2.08. The topological polar surface area (TPSA) is 66.9 Å². The van der Waals surface area contributed by atoms with Crippen molar-refractivity contribution in [2.24, 2.45) is 15.9 Å². The van der Waals surface area contributed by atoms with Crippen LogP contribution in [0.3, 0.4) is 0 Å². The molecule has 0 unspecified atom stereocenters. The molecule has 0 aliphatic heterocycles. The molecule has 5 nitrogen and oxygen atoms in total. The molecule has 114 valence electrons. The van der Waals surface area contributed by atoms with Crippen LogP contribution >= 0.6 is 0 Å². The Labute approximate surface area is 131 Å². The van der Waals surface area contributed by atoms with Crippen molar-refractivity contribution in [1.29, 1.82) is 0 Å². The molecule has 1 aromatic heterocycles. The van der Waals surface area contributed by atoms with Crippen molar-refractivity contribution in [3.63, 3.8) is 0 Å². The quantitative estimate of drug-likeness (QED) is 0.506. The first-order valence-corrected chi connectivity index (χ1v) is 7.37. The van der Waals surface area contributed by atoms with E-state index in [0.717, 1.165) is 18.7 Å². The number of pyridine rings is 1. The lowest BCUT2D eigenvalue weighted by molar-refractivity contribution is 0.866. The van der Waals surface area contributed by atoms with Gasteiger partial charge in [0.2, 0.25) is 0 Å². The predicted octanol–water partition coefficient (Wildman–Crippen LogP) is 2.67. The van der Waals surface area contributed by atoms with Gasteiger partial charge in [-0.3, -0.25) is 4.98 Å². The van der Waals surface area contributed by atoms with Crippen LogP contribution in [-0.2, 0) is 0 Å². The molecule has 1 aromatic carbocycles. The van der Waals surface area contributed by atoms with Gasteiger partial charge in [-0.15, -0.1) is 5.10 Å². The van der Waals surface area contributed by atoms with E-state index < -0.39 is 0 Å². The number of hydrogen-bond donors (Lipinski definition) is 1. The summed E-state index contributed by atoms with van der Waals surface area (Å²) >= 11 is 0. The maximum absolute atomic E-state index is 5.83. The van der Waals surface area contributed by atoms with Crippen LogP contribution in [0.1, 0.15) is 25.1 Å². The van der Waals surface area contributed by atoms with Crippen molar-refractivity contribution >= 4 is 17.7 Å². The normalized spacial score (nSPS) is 11.8. The van der Waals surface area contributed by atoms with E-state index in [2.05, 4.69) is 46.1 Å². The van der Waals surface area contributed by atoms with Gasteiger partial charge in [-0.05, 0) is 43.7 Å². The van der Waals surface area contributed by atoms with E-state index >= 15 is 0 Å². The molecule has 0 aliphatic rings. The van der Waals surface area contributed by atoms with E-state index in [4.69, 9.17) is 5.73 Å². The van der Waals surface area contributed by atoms with E-state index in [1.807, 2.05) is 24.3 Å². The zero-order chi connectivity index (χ0) is 15.8. The minimum absolute atomic E-state index is 0.302. The molecule has 2 rings (SSSR count).